The zero-order valence-electron chi connectivity index (χ0n) is 13.9. The molecule has 4 nitrogen and oxygen atoms in total. The molecule has 4 heterocycles. The molecular formula is C19H23N2O2P. The van der Waals surface area contributed by atoms with Crippen molar-refractivity contribution in [1.29, 1.82) is 0 Å². The number of rotatable bonds is 3. The molecule has 1 aromatic heterocycles. The number of fused-ring (bicyclic) bond motifs is 4. The highest BCUT2D eigenvalue weighted by Gasteiger charge is 2.54. The minimum absolute atomic E-state index is 0.151. The Morgan fingerprint density at radius 1 is 1.38 bits per heavy atom. The van der Waals surface area contributed by atoms with Crippen LogP contribution in [0.25, 0.3) is 10.9 Å². The molecule has 2 saturated heterocycles. The number of para-hydroxylation sites is 1. The summed E-state index contributed by atoms with van der Waals surface area (Å²) >= 11 is 0. The highest BCUT2D eigenvalue weighted by Crippen LogP contribution is 2.52. The van der Waals surface area contributed by atoms with Gasteiger partial charge in [0.05, 0.1) is 6.10 Å². The number of H-pyrrole nitrogens is 1. The van der Waals surface area contributed by atoms with Gasteiger partial charge in [-0.1, -0.05) is 25.1 Å². The normalized spacial score (nSPS) is 37.5. The van der Waals surface area contributed by atoms with E-state index < -0.39 is 0 Å². The predicted octanol–water partition coefficient (Wildman–Crippen LogP) is 4.13. The third-order valence-electron chi connectivity index (χ3n) is 6.69. The van der Waals surface area contributed by atoms with Gasteiger partial charge in [-0.3, -0.25) is 9.42 Å². The third-order valence-corrected chi connectivity index (χ3v) is 7.02. The summed E-state index contributed by atoms with van der Waals surface area (Å²) < 4.78 is 16.7. The fraction of sp³-hybridized carbons (Fsp3) is 0.579. The van der Waals surface area contributed by atoms with Gasteiger partial charge >= 0.3 is 8.69 Å². The summed E-state index contributed by atoms with van der Waals surface area (Å²) in [5.41, 5.74) is 4.27. The zero-order valence-corrected chi connectivity index (χ0v) is 14.8. The van der Waals surface area contributed by atoms with Gasteiger partial charge in [0, 0.05) is 47.6 Å². The average molecular weight is 342 g/mol. The number of benzene rings is 1. The van der Waals surface area contributed by atoms with Crippen LogP contribution in [0.2, 0.25) is 0 Å². The Balaban J connectivity index is 1.62. The van der Waals surface area contributed by atoms with Crippen molar-refractivity contribution in [1.82, 2.24) is 9.88 Å². The lowest BCUT2D eigenvalue weighted by Crippen LogP contribution is -2.62. The van der Waals surface area contributed by atoms with E-state index in [1.54, 1.807) is 0 Å². The molecule has 0 radical (unpaired) electrons. The molecule has 3 fully saturated rings. The van der Waals surface area contributed by atoms with Gasteiger partial charge < -0.3 is 4.98 Å². The number of aromatic amines is 1. The van der Waals surface area contributed by atoms with Crippen molar-refractivity contribution in [3.05, 3.63) is 35.5 Å². The Bertz CT molecular complexity index is 789. The van der Waals surface area contributed by atoms with Crippen LogP contribution in [0.3, 0.4) is 0 Å². The molecule has 6 atom stereocenters. The molecule has 1 saturated carbocycles. The van der Waals surface area contributed by atoms with Gasteiger partial charge in [0.1, 0.15) is 0 Å². The topological polar surface area (TPSA) is 45.3 Å². The maximum atomic E-state index is 11.1. The monoisotopic (exact) mass is 342 g/mol. The largest absolute Gasteiger partial charge is 0.358 e. The number of hydrogen-bond acceptors (Lipinski definition) is 3. The first-order valence-corrected chi connectivity index (χ1v) is 9.86. The van der Waals surface area contributed by atoms with Crippen molar-refractivity contribution in [3.63, 3.8) is 0 Å². The first-order valence-electron chi connectivity index (χ1n) is 9.13. The van der Waals surface area contributed by atoms with Crippen LogP contribution in [0, 0.1) is 11.8 Å². The van der Waals surface area contributed by atoms with Crippen molar-refractivity contribution in [3.8, 4) is 0 Å². The lowest BCUT2D eigenvalue weighted by atomic mass is 9.63. The van der Waals surface area contributed by atoms with E-state index in [0.717, 1.165) is 32.4 Å². The number of piperidine rings is 2. The standard InChI is InChI=1S/C19H23N2O2P/c1-2-12-18-15-9-11(19(12)23-24-22)10-21(18)8-7-14-13-5-3-4-6-16(13)20-17(14)15/h3-6,11-12,15,18-20H,2,7-10H2,1H3/t11-,12-,15+,18+,19?/m1/s1. The molecule has 2 unspecified atom stereocenters. The second-order valence-corrected chi connectivity index (χ2v) is 7.98. The fourth-order valence-electron chi connectivity index (χ4n) is 5.85. The molecule has 4 bridgehead atoms. The number of aromatic nitrogens is 1. The number of hydrogen-bond donors (Lipinski definition) is 1. The maximum Gasteiger partial charge on any atom is 0.327 e. The molecule has 126 valence electrons. The molecule has 2 aromatic rings. The first-order chi connectivity index (χ1) is 11.8. The number of nitrogens with one attached hydrogen (secondary N) is 1. The smallest absolute Gasteiger partial charge is 0.327 e. The van der Waals surface area contributed by atoms with Crippen LogP contribution in [-0.2, 0) is 15.5 Å². The van der Waals surface area contributed by atoms with Crippen LogP contribution in [0.1, 0.15) is 36.9 Å². The van der Waals surface area contributed by atoms with Crippen LogP contribution < -0.4 is 0 Å². The van der Waals surface area contributed by atoms with Crippen LogP contribution in [-0.4, -0.2) is 35.1 Å². The average Bonchev–Trinajstić information content (AvgIpc) is 2.94. The summed E-state index contributed by atoms with van der Waals surface area (Å²) in [5.74, 6) is 1.52. The van der Waals surface area contributed by atoms with Gasteiger partial charge in [0.2, 0.25) is 0 Å². The lowest BCUT2D eigenvalue weighted by Gasteiger charge is -2.56. The van der Waals surface area contributed by atoms with E-state index in [-0.39, 0.29) is 14.8 Å². The van der Waals surface area contributed by atoms with Gasteiger partial charge in [0.25, 0.3) is 0 Å². The van der Waals surface area contributed by atoms with Crippen LogP contribution in [0.15, 0.2) is 24.3 Å². The SMILES string of the molecule is CC[C@H]1C(OP=O)[C@@H]2C[C@H]3c4[nH]c5ccccc5c4CCN(C2)[C@H]31. The molecule has 5 heteroatoms. The molecule has 1 N–H and O–H groups in total. The molecule has 4 aliphatic rings. The van der Waals surface area contributed by atoms with E-state index in [1.807, 2.05) is 0 Å². The van der Waals surface area contributed by atoms with Gasteiger partial charge in [-0.2, -0.15) is 0 Å². The second kappa shape index (κ2) is 5.66. The van der Waals surface area contributed by atoms with Crippen LogP contribution in [0.4, 0.5) is 0 Å². The van der Waals surface area contributed by atoms with Gasteiger partial charge in [-0.25, -0.2) is 4.57 Å². The quantitative estimate of drug-likeness (QED) is 0.853. The summed E-state index contributed by atoms with van der Waals surface area (Å²) in [6.45, 7) is 4.48. The van der Waals surface area contributed by atoms with Crippen molar-refractivity contribution >= 4 is 19.6 Å². The Morgan fingerprint density at radius 2 is 2.25 bits per heavy atom. The third kappa shape index (κ3) is 2.00. The van der Waals surface area contributed by atoms with Gasteiger partial charge in [0.15, 0.2) is 0 Å². The van der Waals surface area contributed by atoms with E-state index in [2.05, 4.69) is 41.1 Å². The molecule has 3 aliphatic heterocycles. The van der Waals surface area contributed by atoms with Crippen molar-refractivity contribution in [2.75, 3.05) is 13.1 Å². The Labute approximate surface area is 143 Å². The minimum atomic E-state index is -0.160. The summed E-state index contributed by atoms with van der Waals surface area (Å²) in [5, 5.41) is 1.40. The Morgan fingerprint density at radius 3 is 3.08 bits per heavy atom. The highest BCUT2D eigenvalue weighted by molar-refractivity contribution is 7.17. The summed E-state index contributed by atoms with van der Waals surface area (Å²) in [6.07, 6.45) is 3.51. The van der Waals surface area contributed by atoms with Gasteiger partial charge in [-0.15, -0.1) is 0 Å². The molecule has 6 rings (SSSR count). The second-order valence-electron chi connectivity index (χ2n) is 7.62. The maximum absolute atomic E-state index is 11.1. The Hall–Kier alpha value is -1.22. The summed E-state index contributed by atoms with van der Waals surface area (Å²) in [6, 6.07) is 9.23. The van der Waals surface area contributed by atoms with Crippen molar-refractivity contribution in [2.45, 2.75) is 44.2 Å². The van der Waals surface area contributed by atoms with E-state index in [4.69, 9.17) is 4.52 Å². The minimum Gasteiger partial charge on any atom is -0.358 e. The zero-order chi connectivity index (χ0) is 16.3. The molecule has 0 spiro atoms. The molecule has 24 heavy (non-hydrogen) atoms. The summed E-state index contributed by atoms with van der Waals surface area (Å²) in [7, 11) is -0.160. The van der Waals surface area contributed by atoms with Gasteiger partial charge in [-0.05, 0) is 36.8 Å². The van der Waals surface area contributed by atoms with E-state index >= 15 is 0 Å². The van der Waals surface area contributed by atoms with E-state index in [0.29, 0.717) is 23.8 Å². The van der Waals surface area contributed by atoms with Crippen LogP contribution in [0.5, 0.6) is 0 Å². The predicted molar refractivity (Wildman–Crippen MR) is 94.5 cm³/mol. The van der Waals surface area contributed by atoms with E-state index in [9.17, 15) is 4.57 Å². The Kier molecular flexibility index (Phi) is 3.55. The van der Waals surface area contributed by atoms with Crippen molar-refractivity contribution in [2.24, 2.45) is 11.8 Å². The molecular weight excluding hydrogens is 319 g/mol. The summed E-state index contributed by atoms with van der Waals surface area (Å²) in [4.78, 5) is 6.45. The van der Waals surface area contributed by atoms with E-state index in [1.165, 1.54) is 22.2 Å². The molecule has 1 aromatic carbocycles. The highest BCUT2D eigenvalue weighted by atomic mass is 31.1. The fourth-order valence-corrected chi connectivity index (χ4v) is 6.28. The lowest BCUT2D eigenvalue weighted by molar-refractivity contribution is -0.0921. The van der Waals surface area contributed by atoms with Crippen molar-refractivity contribution < 1.29 is 9.09 Å². The molecule has 0 amide bonds. The first kappa shape index (κ1) is 15.1. The number of nitrogens with zero attached hydrogens (tertiary/aromatic N) is 1. The van der Waals surface area contributed by atoms with Crippen LogP contribution >= 0.6 is 8.69 Å². The molecule has 1 aliphatic carbocycles.